The van der Waals surface area contributed by atoms with Crippen LogP contribution in [-0.4, -0.2) is 113 Å². The van der Waals surface area contributed by atoms with Gasteiger partial charge in [0.25, 0.3) is 0 Å². The van der Waals surface area contributed by atoms with Crippen molar-refractivity contribution in [1.82, 2.24) is 9.80 Å². The standard InChI is InChI=1S/C50H96N2O10/c1-9-15-19-27-43(28-20-16-10-2)41-59-47(53)33-23-31-45(25-13-5)61-49(55)57-39-37-52(36-35-51(7)8)38-40-58-50(56)62-46(26-14-6)32-24-34-48(54)60-42-44(29-21-17-11-3)30-22-18-12-4/h43-46H,9-42H2,1-8H3. The van der Waals surface area contributed by atoms with E-state index in [1.54, 1.807) is 0 Å². The van der Waals surface area contributed by atoms with E-state index in [1.807, 2.05) is 27.9 Å². The predicted octanol–water partition coefficient (Wildman–Crippen LogP) is 12.5. The van der Waals surface area contributed by atoms with Crippen LogP contribution in [0, 0.1) is 11.8 Å². The lowest BCUT2D eigenvalue weighted by atomic mass is 9.96. The first kappa shape index (κ1) is 59.4. The number of carbonyl (C=O) groups excluding carboxylic acids is 4. The van der Waals surface area contributed by atoms with Gasteiger partial charge in [-0.3, -0.25) is 14.5 Å². The predicted molar refractivity (Wildman–Crippen MR) is 250 cm³/mol. The summed E-state index contributed by atoms with van der Waals surface area (Å²) in [6.07, 6.45) is 22.6. The Hall–Kier alpha value is -2.60. The molecule has 2 unspecified atom stereocenters. The maximum Gasteiger partial charge on any atom is 0.508 e. The summed E-state index contributed by atoms with van der Waals surface area (Å²) in [5.74, 6) is 0.493. The van der Waals surface area contributed by atoms with Crippen LogP contribution in [0.1, 0.15) is 208 Å². The Bertz CT molecular complexity index is 980. The molecular formula is C50H96N2O10. The Morgan fingerprint density at radius 2 is 0.774 bits per heavy atom. The second-order valence-corrected chi connectivity index (χ2v) is 17.8. The number of ether oxygens (including phenoxy) is 6. The van der Waals surface area contributed by atoms with Crippen molar-refractivity contribution in [2.45, 2.75) is 221 Å². The van der Waals surface area contributed by atoms with Crippen LogP contribution >= 0.6 is 0 Å². The van der Waals surface area contributed by atoms with Crippen LogP contribution in [0.4, 0.5) is 9.59 Å². The lowest BCUT2D eigenvalue weighted by molar-refractivity contribution is -0.146. The Morgan fingerprint density at radius 1 is 0.403 bits per heavy atom. The molecule has 0 N–H and O–H groups in total. The zero-order valence-electron chi connectivity index (χ0n) is 41.3. The minimum absolute atomic E-state index is 0.124. The molecule has 12 heteroatoms. The molecular weight excluding hydrogens is 789 g/mol. The number of hydrogen-bond acceptors (Lipinski definition) is 12. The molecule has 0 saturated heterocycles. The van der Waals surface area contributed by atoms with Gasteiger partial charge in [-0.2, -0.15) is 0 Å². The first-order valence-corrected chi connectivity index (χ1v) is 25.4. The summed E-state index contributed by atoms with van der Waals surface area (Å²) in [5.41, 5.74) is 0. The van der Waals surface area contributed by atoms with Crippen LogP contribution in [-0.2, 0) is 38.0 Å². The minimum atomic E-state index is -0.718. The Balaban J connectivity index is 4.75. The molecule has 0 heterocycles. The maximum absolute atomic E-state index is 12.7. The van der Waals surface area contributed by atoms with Crippen molar-refractivity contribution in [2.75, 3.05) is 66.7 Å². The Morgan fingerprint density at radius 3 is 1.10 bits per heavy atom. The smallest absolute Gasteiger partial charge is 0.465 e. The van der Waals surface area contributed by atoms with Gasteiger partial charge in [-0.15, -0.1) is 0 Å². The molecule has 2 atom stereocenters. The zero-order chi connectivity index (χ0) is 46.1. The van der Waals surface area contributed by atoms with Crippen LogP contribution < -0.4 is 0 Å². The van der Waals surface area contributed by atoms with E-state index in [9.17, 15) is 19.2 Å². The molecule has 0 radical (unpaired) electrons. The highest BCUT2D eigenvalue weighted by Crippen LogP contribution is 2.21. The third-order valence-electron chi connectivity index (χ3n) is 11.5. The topological polar surface area (TPSA) is 130 Å². The van der Waals surface area contributed by atoms with E-state index in [0.29, 0.717) is 96.1 Å². The van der Waals surface area contributed by atoms with Gasteiger partial charge < -0.3 is 33.3 Å². The molecule has 0 aromatic carbocycles. The van der Waals surface area contributed by atoms with E-state index in [0.717, 1.165) is 45.1 Å². The van der Waals surface area contributed by atoms with E-state index in [4.69, 9.17) is 28.4 Å². The average Bonchev–Trinajstić information content (AvgIpc) is 3.23. The van der Waals surface area contributed by atoms with Gasteiger partial charge >= 0.3 is 24.2 Å². The van der Waals surface area contributed by atoms with Gasteiger partial charge in [0.05, 0.1) is 13.2 Å². The normalized spacial score (nSPS) is 12.5. The zero-order valence-corrected chi connectivity index (χ0v) is 41.3. The van der Waals surface area contributed by atoms with Gasteiger partial charge in [0.2, 0.25) is 0 Å². The molecule has 0 aliphatic carbocycles. The van der Waals surface area contributed by atoms with Crippen molar-refractivity contribution in [2.24, 2.45) is 11.8 Å². The number of esters is 2. The number of nitrogens with zero attached hydrogens (tertiary/aromatic N) is 2. The molecule has 0 aliphatic heterocycles. The lowest BCUT2D eigenvalue weighted by Gasteiger charge is -2.24. The fraction of sp³-hybridized carbons (Fsp3) is 0.920. The summed E-state index contributed by atoms with van der Waals surface area (Å²) >= 11 is 0. The number of carbonyl (C=O) groups is 4. The second-order valence-electron chi connectivity index (χ2n) is 17.8. The summed E-state index contributed by atoms with van der Waals surface area (Å²) < 4.78 is 33.7. The van der Waals surface area contributed by atoms with Gasteiger partial charge in [0.1, 0.15) is 25.4 Å². The van der Waals surface area contributed by atoms with Gasteiger partial charge in [-0.05, 0) is 90.1 Å². The average molecular weight is 885 g/mol. The lowest BCUT2D eigenvalue weighted by Crippen LogP contribution is -2.37. The molecule has 0 aromatic rings. The molecule has 0 aliphatic rings. The molecule has 0 spiro atoms. The molecule has 0 fully saturated rings. The largest absolute Gasteiger partial charge is 0.508 e. The van der Waals surface area contributed by atoms with Crippen LogP contribution in [0.15, 0.2) is 0 Å². The summed E-state index contributed by atoms with van der Waals surface area (Å²) in [5, 5.41) is 0. The number of rotatable bonds is 43. The summed E-state index contributed by atoms with van der Waals surface area (Å²) in [6, 6.07) is 0. The van der Waals surface area contributed by atoms with E-state index < -0.39 is 12.3 Å². The summed E-state index contributed by atoms with van der Waals surface area (Å²) in [4.78, 5) is 54.7. The third kappa shape index (κ3) is 36.8. The van der Waals surface area contributed by atoms with Crippen molar-refractivity contribution < 1.29 is 47.6 Å². The van der Waals surface area contributed by atoms with Crippen molar-refractivity contribution >= 4 is 24.2 Å². The van der Waals surface area contributed by atoms with E-state index >= 15 is 0 Å². The van der Waals surface area contributed by atoms with Gasteiger partial charge in [-0.25, -0.2) is 9.59 Å². The van der Waals surface area contributed by atoms with Crippen LogP contribution in [0.25, 0.3) is 0 Å². The van der Waals surface area contributed by atoms with Gasteiger partial charge in [-0.1, -0.05) is 131 Å². The van der Waals surface area contributed by atoms with Crippen molar-refractivity contribution in [3.8, 4) is 0 Å². The first-order valence-electron chi connectivity index (χ1n) is 25.4. The molecule has 0 aromatic heterocycles. The second kappa shape index (κ2) is 42.4. The van der Waals surface area contributed by atoms with Crippen LogP contribution in [0.5, 0.6) is 0 Å². The minimum Gasteiger partial charge on any atom is -0.465 e. The Labute approximate surface area is 379 Å². The highest BCUT2D eigenvalue weighted by molar-refractivity contribution is 5.69. The van der Waals surface area contributed by atoms with Crippen LogP contribution in [0.2, 0.25) is 0 Å². The van der Waals surface area contributed by atoms with Crippen molar-refractivity contribution in [1.29, 1.82) is 0 Å². The fourth-order valence-corrected chi connectivity index (χ4v) is 7.57. The molecule has 0 bridgehead atoms. The number of hydrogen-bond donors (Lipinski definition) is 0. The van der Waals surface area contributed by atoms with Crippen LogP contribution in [0.3, 0.4) is 0 Å². The summed E-state index contributed by atoms with van der Waals surface area (Å²) in [6.45, 7) is 16.5. The van der Waals surface area contributed by atoms with E-state index in [2.05, 4.69) is 37.5 Å². The quantitative estimate of drug-likeness (QED) is 0.0328. The van der Waals surface area contributed by atoms with E-state index in [1.165, 1.54) is 77.0 Å². The van der Waals surface area contributed by atoms with Gasteiger partial charge in [0, 0.05) is 39.0 Å². The number of unbranched alkanes of at least 4 members (excludes halogenated alkanes) is 8. The molecule has 12 nitrogen and oxygen atoms in total. The third-order valence-corrected chi connectivity index (χ3v) is 11.5. The highest BCUT2D eigenvalue weighted by Gasteiger charge is 2.20. The Kier molecular flexibility index (Phi) is 40.6. The van der Waals surface area contributed by atoms with Gasteiger partial charge in [0.15, 0.2) is 0 Å². The monoisotopic (exact) mass is 885 g/mol. The molecule has 0 rings (SSSR count). The first-order chi connectivity index (χ1) is 30.0. The molecule has 0 amide bonds. The van der Waals surface area contributed by atoms with Crippen molar-refractivity contribution in [3.63, 3.8) is 0 Å². The van der Waals surface area contributed by atoms with E-state index in [-0.39, 0.29) is 37.4 Å². The van der Waals surface area contributed by atoms with Crippen molar-refractivity contribution in [3.05, 3.63) is 0 Å². The number of likely N-dealkylation sites (N-methyl/N-ethyl adjacent to an activating group) is 1. The highest BCUT2D eigenvalue weighted by atomic mass is 16.7. The molecule has 62 heavy (non-hydrogen) atoms. The SMILES string of the molecule is CCCCCC(CCCCC)COC(=O)CCCC(CCC)OC(=O)OCCN(CCOC(=O)OC(CCC)CCCC(=O)OCC(CCCCC)CCCCC)CCN(C)C. The molecule has 366 valence electrons. The molecule has 0 saturated carbocycles. The summed E-state index contributed by atoms with van der Waals surface area (Å²) in [7, 11) is 3.97. The maximum atomic E-state index is 12.7. The fourth-order valence-electron chi connectivity index (χ4n) is 7.57.